The molecule has 1 aliphatic rings. The van der Waals surface area contributed by atoms with Gasteiger partial charge in [0.05, 0.1) is 5.84 Å². The molecule has 4 heteroatoms. The molecule has 0 aromatic carbocycles. The Bertz CT molecular complexity index is 357. The first-order chi connectivity index (χ1) is 8.20. The molecule has 1 atom stereocenters. The predicted molar refractivity (Wildman–Crippen MR) is 73.5 cm³/mol. The molecule has 0 spiro atoms. The highest BCUT2D eigenvalue weighted by Crippen LogP contribution is 2.32. The van der Waals surface area contributed by atoms with Crippen molar-refractivity contribution < 1.29 is 0 Å². The quantitative estimate of drug-likeness (QED) is 0.578. The maximum atomic E-state index is 7.49. The van der Waals surface area contributed by atoms with Crippen LogP contribution in [0, 0.1) is 5.41 Å². The van der Waals surface area contributed by atoms with Crippen LogP contribution in [0.4, 0.5) is 0 Å². The van der Waals surface area contributed by atoms with Crippen molar-refractivity contribution in [2.24, 2.45) is 5.73 Å². The Morgan fingerprint density at radius 2 is 2.41 bits per heavy atom. The SMILES string of the molecule is CCC(CC(=N)N)N(Cc1ccsc1)C1CC1. The van der Waals surface area contributed by atoms with E-state index in [0.29, 0.717) is 18.3 Å². The van der Waals surface area contributed by atoms with Gasteiger partial charge < -0.3 is 5.73 Å². The molecule has 94 valence electrons. The Balaban J connectivity index is 2.02. The Morgan fingerprint density at radius 1 is 1.65 bits per heavy atom. The van der Waals surface area contributed by atoms with Gasteiger partial charge in [-0.05, 0) is 41.7 Å². The summed E-state index contributed by atoms with van der Waals surface area (Å²) >= 11 is 1.75. The number of rotatable bonds is 7. The van der Waals surface area contributed by atoms with Gasteiger partial charge in [-0.2, -0.15) is 11.3 Å². The van der Waals surface area contributed by atoms with Gasteiger partial charge in [0.1, 0.15) is 0 Å². The van der Waals surface area contributed by atoms with Crippen LogP contribution in [0.3, 0.4) is 0 Å². The van der Waals surface area contributed by atoms with Gasteiger partial charge in [-0.15, -0.1) is 0 Å². The Hall–Kier alpha value is -0.870. The summed E-state index contributed by atoms with van der Waals surface area (Å²) in [6, 6.07) is 3.35. The average Bonchev–Trinajstić information content (AvgIpc) is 3.01. The van der Waals surface area contributed by atoms with Crippen LogP contribution in [-0.4, -0.2) is 22.8 Å². The molecule has 3 N–H and O–H groups in total. The topological polar surface area (TPSA) is 53.1 Å². The largest absolute Gasteiger partial charge is 0.388 e. The standard InChI is InChI=1S/C13H21N3S/c1-2-11(7-13(14)15)16(12-3-4-12)8-10-5-6-17-9-10/h5-6,9,11-12H,2-4,7-8H2,1H3,(H3,14,15). The van der Waals surface area contributed by atoms with E-state index in [1.54, 1.807) is 11.3 Å². The number of nitrogens with two attached hydrogens (primary N) is 1. The summed E-state index contributed by atoms with van der Waals surface area (Å²) in [4.78, 5) is 2.55. The molecule has 1 aromatic rings. The third kappa shape index (κ3) is 3.54. The highest BCUT2D eigenvalue weighted by molar-refractivity contribution is 7.07. The van der Waals surface area contributed by atoms with Gasteiger partial charge in [-0.3, -0.25) is 10.3 Å². The monoisotopic (exact) mass is 251 g/mol. The minimum atomic E-state index is 0.313. The van der Waals surface area contributed by atoms with Gasteiger partial charge in [0.15, 0.2) is 0 Å². The lowest BCUT2D eigenvalue weighted by Gasteiger charge is -2.30. The fourth-order valence-corrected chi connectivity index (χ4v) is 2.97. The molecular formula is C13H21N3S. The molecule has 1 heterocycles. The van der Waals surface area contributed by atoms with Crippen molar-refractivity contribution in [3.8, 4) is 0 Å². The number of nitrogens with one attached hydrogen (secondary N) is 1. The Labute approximate surface area is 107 Å². The Kier molecular flexibility index (Phi) is 4.18. The zero-order valence-corrected chi connectivity index (χ0v) is 11.2. The Morgan fingerprint density at radius 3 is 2.88 bits per heavy atom. The molecule has 1 saturated carbocycles. The van der Waals surface area contributed by atoms with E-state index in [2.05, 4.69) is 28.7 Å². The van der Waals surface area contributed by atoms with Gasteiger partial charge in [-0.25, -0.2) is 0 Å². The van der Waals surface area contributed by atoms with Crippen LogP contribution in [0.2, 0.25) is 0 Å². The van der Waals surface area contributed by atoms with Crippen LogP contribution in [0.1, 0.15) is 38.2 Å². The molecule has 0 amide bonds. The molecule has 1 aromatic heterocycles. The average molecular weight is 251 g/mol. The summed E-state index contributed by atoms with van der Waals surface area (Å²) in [6.07, 6.45) is 4.38. The molecule has 1 fully saturated rings. The van der Waals surface area contributed by atoms with Crippen LogP contribution in [0.5, 0.6) is 0 Å². The predicted octanol–water partition coefficient (Wildman–Crippen LogP) is 2.82. The van der Waals surface area contributed by atoms with E-state index in [1.807, 2.05) is 0 Å². The van der Waals surface area contributed by atoms with Crippen LogP contribution in [0.15, 0.2) is 16.8 Å². The number of thiophene rings is 1. The first kappa shape index (κ1) is 12.6. The highest BCUT2D eigenvalue weighted by Gasteiger charge is 2.33. The fourth-order valence-electron chi connectivity index (χ4n) is 2.31. The van der Waals surface area contributed by atoms with Crippen molar-refractivity contribution in [3.63, 3.8) is 0 Å². The fraction of sp³-hybridized carbons (Fsp3) is 0.615. The zero-order valence-electron chi connectivity index (χ0n) is 10.4. The molecule has 0 bridgehead atoms. The number of hydrogen-bond donors (Lipinski definition) is 2. The van der Waals surface area contributed by atoms with Crippen molar-refractivity contribution in [3.05, 3.63) is 22.4 Å². The van der Waals surface area contributed by atoms with Gasteiger partial charge in [0.2, 0.25) is 0 Å². The number of nitrogens with zero attached hydrogens (tertiary/aromatic N) is 1. The highest BCUT2D eigenvalue weighted by atomic mass is 32.1. The lowest BCUT2D eigenvalue weighted by Crippen LogP contribution is -2.38. The summed E-state index contributed by atoms with van der Waals surface area (Å²) in [6.45, 7) is 3.20. The molecule has 0 aliphatic heterocycles. The minimum absolute atomic E-state index is 0.313. The van der Waals surface area contributed by atoms with Crippen LogP contribution >= 0.6 is 11.3 Å². The second kappa shape index (κ2) is 5.65. The third-order valence-corrected chi connectivity index (χ3v) is 4.09. The van der Waals surface area contributed by atoms with E-state index in [4.69, 9.17) is 11.1 Å². The first-order valence-corrected chi connectivity index (χ1v) is 7.24. The maximum absolute atomic E-state index is 7.49. The van der Waals surface area contributed by atoms with Crippen molar-refractivity contribution in [1.82, 2.24) is 4.90 Å². The van der Waals surface area contributed by atoms with E-state index < -0.39 is 0 Å². The van der Waals surface area contributed by atoms with Crippen LogP contribution < -0.4 is 5.73 Å². The molecule has 3 nitrogen and oxygen atoms in total. The van der Waals surface area contributed by atoms with Gasteiger partial charge in [0.25, 0.3) is 0 Å². The summed E-state index contributed by atoms with van der Waals surface area (Å²) in [7, 11) is 0. The lowest BCUT2D eigenvalue weighted by molar-refractivity contribution is 0.175. The van der Waals surface area contributed by atoms with Gasteiger partial charge in [-0.1, -0.05) is 6.92 Å². The zero-order chi connectivity index (χ0) is 12.3. The van der Waals surface area contributed by atoms with Gasteiger partial charge in [0, 0.05) is 25.0 Å². The number of hydrogen-bond acceptors (Lipinski definition) is 3. The van der Waals surface area contributed by atoms with Crippen molar-refractivity contribution in [2.75, 3.05) is 0 Å². The van der Waals surface area contributed by atoms with Crippen molar-refractivity contribution in [2.45, 2.75) is 51.2 Å². The minimum Gasteiger partial charge on any atom is -0.388 e. The van der Waals surface area contributed by atoms with E-state index in [1.165, 1.54) is 18.4 Å². The van der Waals surface area contributed by atoms with E-state index in [0.717, 1.165) is 19.0 Å². The number of amidine groups is 1. The molecule has 0 saturated heterocycles. The van der Waals surface area contributed by atoms with Crippen molar-refractivity contribution >= 4 is 17.2 Å². The molecular weight excluding hydrogens is 230 g/mol. The summed E-state index contributed by atoms with van der Waals surface area (Å²) < 4.78 is 0. The third-order valence-electron chi connectivity index (χ3n) is 3.36. The van der Waals surface area contributed by atoms with Crippen LogP contribution in [-0.2, 0) is 6.54 Å². The van der Waals surface area contributed by atoms with Crippen molar-refractivity contribution in [1.29, 1.82) is 5.41 Å². The second-order valence-corrected chi connectivity index (χ2v) is 5.61. The molecule has 1 aliphatic carbocycles. The normalized spacial score (nSPS) is 17.3. The second-order valence-electron chi connectivity index (χ2n) is 4.83. The summed E-state index contributed by atoms with van der Waals surface area (Å²) in [5, 5.41) is 11.8. The first-order valence-electron chi connectivity index (χ1n) is 6.30. The van der Waals surface area contributed by atoms with E-state index in [-0.39, 0.29) is 0 Å². The molecule has 1 unspecified atom stereocenters. The van der Waals surface area contributed by atoms with Gasteiger partial charge >= 0.3 is 0 Å². The van der Waals surface area contributed by atoms with E-state index in [9.17, 15) is 0 Å². The molecule has 2 rings (SSSR count). The summed E-state index contributed by atoms with van der Waals surface area (Å²) in [5.41, 5.74) is 6.95. The van der Waals surface area contributed by atoms with Crippen LogP contribution in [0.25, 0.3) is 0 Å². The smallest absolute Gasteiger partial charge is 0.0921 e. The molecule has 17 heavy (non-hydrogen) atoms. The molecule has 0 radical (unpaired) electrons. The summed E-state index contributed by atoms with van der Waals surface area (Å²) in [5.74, 6) is 0.313. The maximum Gasteiger partial charge on any atom is 0.0921 e. The van der Waals surface area contributed by atoms with E-state index >= 15 is 0 Å². The lowest BCUT2D eigenvalue weighted by atomic mass is 10.1.